The van der Waals surface area contributed by atoms with Crippen molar-refractivity contribution in [3.05, 3.63) is 45.6 Å². The molecule has 3 rings (SSSR count). The summed E-state index contributed by atoms with van der Waals surface area (Å²) in [4.78, 5) is 24.1. The van der Waals surface area contributed by atoms with Crippen LogP contribution in [-0.2, 0) is 0 Å². The van der Waals surface area contributed by atoms with Crippen molar-refractivity contribution in [2.75, 3.05) is 0 Å². The molecule has 0 bridgehead atoms. The lowest BCUT2D eigenvalue weighted by Gasteiger charge is -2.29. The van der Waals surface area contributed by atoms with Crippen molar-refractivity contribution in [3.63, 3.8) is 0 Å². The van der Waals surface area contributed by atoms with E-state index in [1.807, 2.05) is 13.8 Å². The monoisotopic (exact) mass is 315 g/mol. The van der Waals surface area contributed by atoms with Gasteiger partial charge >= 0.3 is 0 Å². The van der Waals surface area contributed by atoms with Crippen LogP contribution >= 0.6 is 0 Å². The molecular formula is C16H21N5O2. The smallest absolute Gasteiger partial charge is 0.271 e. The first kappa shape index (κ1) is 15.5. The van der Waals surface area contributed by atoms with E-state index in [-0.39, 0.29) is 23.6 Å². The second-order valence-electron chi connectivity index (χ2n) is 6.17. The summed E-state index contributed by atoms with van der Waals surface area (Å²) < 4.78 is 1.59. The summed E-state index contributed by atoms with van der Waals surface area (Å²) in [5.74, 6) is -0.149. The first-order chi connectivity index (χ1) is 11.0. The highest BCUT2D eigenvalue weighted by Gasteiger charge is 2.25. The Morgan fingerprint density at radius 3 is 2.65 bits per heavy atom. The fraction of sp³-hybridized carbons (Fsp3) is 0.500. The number of amides is 1. The highest BCUT2D eigenvalue weighted by molar-refractivity contribution is 5.92. The first-order valence-corrected chi connectivity index (χ1v) is 7.92. The lowest BCUT2D eigenvalue weighted by Crippen LogP contribution is -2.39. The Labute approximate surface area is 134 Å². The lowest BCUT2D eigenvalue weighted by atomic mass is 9.91. The number of hydrogen-bond donors (Lipinski definition) is 2. The van der Waals surface area contributed by atoms with Gasteiger partial charge in [-0.1, -0.05) is 0 Å². The topological polar surface area (TPSA) is 92.7 Å². The number of rotatable bonds is 3. The van der Waals surface area contributed by atoms with Crippen LogP contribution in [0.4, 0.5) is 0 Å². The van der Waals surface area contributed by atoms with Crippen molar-refractivity contribution in [2.24, 2.45) is 0 Å². The zero-order valence-corrected chi connectivity index (χ0v) is 13.4. The van der Waals surface area contributed by atoms with E-state index in [4.69, 9.17) is 0 Å². The van der Waals surface area contributed by atoms with Crippen molar-refractivity contribution in [1.82, 2.24) is 25.3 Å². The molecule has 0 unspecified atom stereocenters. The van der Waals surface area contributed by atoms with Crippen LogP contribution in [-0.4, -0.2) is 31.9 Å². The molecule has 2 N–H and O–H groups in total. The molecule has 0 spiro atoms. The number of nitrogens with one attached hydrogen (secondary N) is 2. The summed E-state index contributed by atoms with van der Waals surface area (Å²) in [6, 6.07) is 5.27. The largest absolute Gasteiger partial charge is 0.348 e. The van der Waals surface area contributed by atoms with E-state index in [1.54, 1.807) is 22.9 Å². The van der Waals surface area contributed by atoms with Crippen LogP contribution in [0, 0.1) is 13.8 Å². The van der Waals surface area contributed by atoms with Crippen molar-refractivity contribution in [3.8, 4) is 0 Å². The van der Waals surface area contributed by atoms with Crippen molar-refractivity contribution in [1.29, 1.82) is 0 Å². The maximum absolute atomic E-state index is 12.1. The van der Waals surface area contributed by atoms with Crippen molar-refractivity contribution in [2.45, 2.75) is 51.6 Å². The molecule has 1 aliphatic rings. The molecule has 1 saturated carbocycles. The van der Waals surface area contributed by atoms with E-state index in [0.29, 0.717) is 5.69 Å². The number of hydrogen-bond acceptors (Lipinski definition) is 4. The molecule has 0 atom stereocenters. The van der Waals surface area contributed by atoms with Crippen LogP contribution in [0.5, 0.6) is 0 Å². The molecule has 122 valence electrons. The van der Waals surface area contributed by atoms with E-state index >= 15 is 0 Å². The molecule has 7 nitrogen and oxygen atoms in total. The molecule has 0 saturated heterocycles. The van der Waals surface area contributed by atoms with E-state index in [0.717, 1.165) is 37.1 Å². The lowest BCUT2D eigenvalue weighted by molar-refractivity contribution is 0.0916. The van der Waals surface area contributed by atoms with Gasteiger partial charge in [-0.25, -0.2) is 4.68 Å². The van der Waals surface area contributed by atoms with E-state index in [2.05, 4.69) is 20.6 Å². The number of carbonyl (C=O) groups excluding carboxylic acids is 1. The third kappa shape index (κ3) is 3.49. The maximum Gasteiger partial charge on any atom is 0.271 e. The van der Waals surface area contributed by atoms with Crippen LogP contribution in [0.15, 0.2) is 23.0 Å². The number of aromatic amines is 1. The Balaban J connectivity index is 1.59. The summed E-state index contributed by atoms with van der Waals surface area (Å²) in [5, 5.41) is 14.1. The van der Waals surface area contributed by atoms with Gasteiger partial charge in [0.25, 0.3) is 11.5 Å². The Morgan fingerprint density at radius 2 is 2.00 bits per heavy atom. The van der Waals surface area contributed by atoms with Gasteiger partial charge in [0.05, 0.1) is 11.7 Å². The second kappa shape index (κ2) is 6.36. The highest BCUT2D eigenvalue weighted by Crippen LogP contribution is 2.27. The molecule has 7 heteroatoms. The molecule has 2 heterocycles. The summed E-state index contributed by atoms with van der Waals surface area (Å²) >= 11 is 0. The Hall–Kier alpha value is -2.44. The fourth-order valence-corrected chi connectivity index (χ4v) is 3.04. The van der Waals surface area contributed by atoms with Crippen LogP contribution in [0.25, 0.3) is 0 Å². The summed E-state index contributed by atoms with van der Waals surface area (Å²) in [7, 11) is 0. The SMILES string of the molecule is Cc1ccc(=O)n(C2CCC(NC(=O)c3cc(C)[nH]n3)CC2)n1. The Morgan fingerprint density at radius 1 is 1.26 bits per heavy atom. The van der Waals surface area contributed by atoms with Crippen LogP contribution < -0.4 is 10.9 Å². The zero-order valence-electron chi connectivity index (χ0n) is 13.4. The molecule has 0 aromatic carbocycles. The molecule has 2 aromatic heterocycles. The Bertz CT molecular complexity index is 756. The number of nitrogens with zero attached hydrogens (tertiary/aromatic N) is 3. The second-order valence-corrected chi connectivity index (χ2v) is 6.17. The molecule has 1 fully saturated rings. The van der Waals surface area contributed by atoms with Gasteiger partial charge in [0.15, 0.2) is 0 Å². The van der Waals surface area contributed by atoms with Gasteiger partial charge < -0.3 is 5.32 Å². The van der Waals surface area contributed by atoms with Gasteiger partial charge in [-0.2, -0.15) is 10.2 Å². The summed E-state index contributed by atoms with van der Waals surface area (Å²) in [6.07, 6.45) is 3.34. The van der Waals surface area contributed by atoms with E-state index < -0.39 is 0 Å². The number of carbonyl (C=O) groups is 1. The maximum atomic E-state index is 12.1. The summed E-state index contributed by atoms with van der Waals surface area (Å²) in [5.41, 5.74) is 2.06. The van der Waals surface area contributed by atoms with Gasteiger partial charge in [-0.3, -0.25) is 14.7 Å². The van der Waals surface area contributed by atoms with Gasteiger partial charge in [-0.15, -0.1) is 0 Å². The first-order valence-electron chi connectivity index (χ1n) is 7.92. The standard InChI is InChI=1S/C16H21N5O2/c1-10-3-8-15(22)21(20-10)13-6-4-12(5-7-13)17-16(23)14-9-11(2)18-19-14/h3,8-9,12-13H,4-7H2,1-2H3,(H,17,23)(H,18,19). The molecule has 0 aliphatic heterocycles. The predicted molar refractivity (Wildman–Crippen MR) is 85.3 cm³/mol. The van der Waals surface area contributed by atoms with E-state index in [1.165, 1.54) is 0 Å². The van der Waals surface area contributed by atoms with Crippen LogP contribution in [0.2, 0.25) is 0 Å². The molecule has 2 aromatic rings. The van der Waals surface area contributed by atoms with Gasteiger partial charge in [-0.05, 0) is 51.7 Å². The van der Waals surface area contributed by atoms with Crippen molar-refractivity contribution >= 4 is 5.91 Å². The quantitative estimate of drug-likeness (QED) is 0.897. The molecule has 1 aliphatic carbocycles. The molecular weight excluding hydrogens is 294 g/mol. The third-order valence-electron chi connectivity index (χ3n) is 4.27. The third-order valence-corrected chi connectivity index (χ3v) is 4.27. The summed E-state index contributed by atoms with van der Waals surface area (Å²) in [6.45, 7) is 3.75. The average molecular weight is 315 g/mol. The number of aryl methyl sites for hydroxylation is 2. The van der Waals surface area contributed by atoms with Gasteiger partial charge in [0, 0.05) is 17.8 Å². The number of aromatic nitrogens is 4. The van der Waals surface area contributed by atoms with Crippen LogP contribution in [0.3, 0.4) is 0 Å². The Kier molecular flexibility index (Phi) is 4.27. The fourth-order valence-electron chi connectivity index (χ4n) is 3.04. The van der Waals surface area contributed by atoms with Crippen molar-refractivity contribution < 1.29 is 4.79 Å². The van der Waals surface area contributed by atoms with Crippen LogP contribution in [0.1, 0.15) is 53.6 Å². The normalized spacial score (nSPS) is 21.1. The van der Waals surface area contributed by atoms with Gasteiger partial charge in [0.2, 0.25) is 0 Å². The average Bonchev–Trinajstić information content (AvgIpc) is 2.97. The minimum absolute atomic E-state index is 0.0601. The van der Waals surface area contributed by atoms with E-state index in [9.17, 15) is 9.59 Å². The predicted octanol–water partition coefficient (Wildman–Crippen LogP) is 1.50. The molecule has 23 heavy (non-hydrogen) atoms. The number of H-pyrrole nitrogens is 1. The van der Waals surface area contributed by atoms with Gasteiger partial charge in [0.1, 0.15) is 5.69 Å². The highest BCUT2D eigenvalue weighted by atomic mass is 16.2. The molecule has 1 amide bonds. The molecule has 0 radical (unpaired) electrons. The zero-order chi connectivity index (χ0) is 16.4. The minimum Gasteiger partial charge on any atom is -0.348 e. The minimum atomic E-state index is -0.149.